The fourth-order valence-electron chi connectivity index (χ4n) is 24.6. The van der Waals surface area contributed by atoms with Crippen LogP contribution in [0.3, 0.4) is 0 Å². The van der Waals surface area contributed by atoms with Crippen LogP contribution in [0.15, 0.2) is 0 Å². The van der Waals surface area contributed by atoms with Gasteiger partial charge in [0.25, 0.3) is 0 Å². The van der Waals surface area contributed by atoms with Crippen LogP contribution in [0.2, 0.25) is 0 Å². The third-order valence-electron chi connectivity index (χ3n) is 25.3. The highest BCUT2D eigenvalue weighted by Crippen LogP contribution is 2.80. The molecule has 3 aromatic heterocycles. The molecule has 76 heavy (non-hydrogen) atoms. The summed E-state index contributed by atoms with van der Waals surface area (Å²) in [4.78, 5) is 0. The van der Waals surface area contributed by atoms with Gasteiger partial charge in [-0.25, -0.2) is 0 Å². The SMILES string of the molecule is CC(C)(C)OC[C@H]1[C@H](COC(C)(C)C)n2c3c4c5c6c7c8c9c%10c%11c%12c%13c%10c%10c8c8c%14c%10c%10c%13c%13c%15c%12c%12c%16c%11c%11c9c7c7c9c%11c%16c%11c%16c%12c%15c%12c%15c%13c%10c%10c%14c(c4c86)c4c%10c%15c6c%12c%16c8c%11c9c(c75)c3c8n1c6c42. The molecule has 1 aliphatic heterocycles. The number of hydrogen-bond donors (Lipinski definition) is 0. The number of nitrogens with zero attached hydrogens (tertiary/aromatic N) is 2. The monoisotopic (exact) mass is 948 g/mol. The van der Waals surface area contributed by atoms with E-state index in [1.807, 2.05) is 0 Å². The average Bonchev–Trinajstić information content (AvgIpc) is 1.88. The molecule has 1 aliphatic rings. The summed E-state index contributed by atoms with van der Waals surface area (Å²) in [6.45, 7) is 14.9. The van der Waals surface area contributed by atoms with Gasteiger partial charge in [-0.05, 0) is 41.5 Å². The summed E-state index contributed by atoms with van der Waals surface area (Å²) in [5, 5.41) is 90.2. The molecule has 0 amide bonds. The third-order valence-corrected chi connectivity index (χ3v) is 25.3. The van der Waals surface area contributed by atoms with E-state index in [1.54, 1.807) is 296 Å². The van der Waals surface area contributed by atoms with Crippen molar-refractivity contribution in [1.29, 1.82) is 0 Å². The molecular weight excluding hydrogens is 925 g/mol. The van der Waals surface area contributed by atoms with Crippen molar-refractivity contribution in [1.82, 2.24) is 9.13 Å². The molecule has 0 saturated heterocycles. The van der Waals surface area contributed by atoms with Gasteiger partial charge in [-0.1, -0.05) is 0 Å². The lowest BCUT2D eigenvalue weighted by atomic mass is 9.88. The maximum atomic E-state index is 7.37. The molecule has 334 valence electrons. The van der Waals surface area contributed by atoms with Crippen molar-refractivity contribution in [3.8, 4) is 0 Å². The largest absolute Gasteiger partial charge is 0.374 e. The Balaban J connectivity index is 1.14. The highest BCUT2D eigenvalue weighted by Gasteiger charge is 2.52. The minimum atomic E-state index is -0.324. The quantitative estimate of drug-likeness (QED) is 0.165. The van der Waals surface area contributed by atoms with E-state index in [-0.39, 0.29) is 23.3 Å². The molecule has 0 aliphatic carbocycles. The third kappa shape index (κ3) is 1.87. The normalized spacial score (nSPS) is 19.7. The van der Waals surface area contributed by atoms with E-state index in [0.29, 0.717) is 13.2 Å². The Hall–Kier alpha value is -8.28. The fourth-order valence-corrected chi connectivity index (χ4v) is 24.6. The molecule has 0 radical (unpaired) electrons. The van der Waals surface area contributed by atoms with Crippen LogP contribution in [0.25, 0.3) is 324 Å². The first kappa shape index (κ1) is 30.9. The highest BCUT2D eigenvalue weighted by atomic mass is 16.5. The predicted octanol–water partition coefficient (Wildman–Crippen LogP) is 20.2. The van der Waals surface area contributed by atoms with Crippen molar-refractivity contribution in [2.75, 3.05) is 13.2 Å². The van der Waals surface area contributed by atoms with Crippen LogP contribution in [-0.2, 0) is 9.47 Å². The Morgan fingerprint density at radius 2 is 0.329 bits per heavy atom. The molecule has 0 saturated carbocycles. The lowest BCUT2D eigenvalue weighted by Gasteiger charge is -2.38. The molecule has 32 aromatic rings. The lowest BCUT2D eigenvalue weighted by molar-refractivity contribution is -0.0558. The molecule has 0 fully saturated rings. The van der Waals surface area contributed by atoms with Gasteiger partial charge in [-0.3, -0.25) is 0 Å². The van der Waals surface area contributed by atoms with Crippen LogP contribution in [-0.4, -0.2) is 33.6 Å². The molecule has 0 N–H and O–H groups in total. The van der Waals surface area contributed by atoms with Gasteiger partial charge in [0.15, 0.2) is 0 Å². The summed E-state index contributed by atoms with van der Waals surface area (Å²) in [6.07, 6.45) is 0. The maximum Gasteiger partial charge on any atom is 0.0807 e. The van der Waals surface area contributed by atoms with E-state index >= 15 is 0 Å². The van der Waals surface area contributed by atoms with Gasteiger partial charge < -0.3 is 18.6 Å². The van der Waals surface area contributed by atoms with Gasteiger partial charge in [0.2, 0.25) is 0 Å². The minimum Gasteiger partial charge on any atom is -0.374 e. The van der Waals surface area contributed by atoms with Crippen LogP contribution in [0.1, 0.15) is 53.6 Å². The van der Waals surface area contributed by atoms with E-state index < -0.39 is 0 Å². The van der Waals surface area contributed by atoms with Crippen molar-refractivity contribution < 1.29 is 9.47 Å². The fraction of sp³-hybridized carbons (Fsp3) is 0.167. The van der Waals surface area contributed by atoms with E-state index in [4.69, 9.17) is 9.47 Å². The first-order valence-electron chi connectivity index (χ1n) is 28.5. The van der Waals surface area contributed by atoms with Crippen molar-refractivity contribution in [2.24, 2.45) is 0 Å². The van der Waals surface area contributed by atoms with Crippen molar-refractivity contribution in [3.05, 3.63) is 0 Å². The lowest BCUT2D eigenvalue weighted by Crippen LogP contribution is -2.37. The Bertz CT molecular complexity index is 7490. The second kappa shape index (κ2) is 7.22. The second-order valence-corrected chi connectivity index (χ2v) is 29.1. The minimum absolute atomic E-state index is 0.0143. The van der Waals surface area contributed by atoms with E-state index in [2.05, 4.69) is 50.7 Å². The summed E-state index contributed by atoms with van der Waals surface area (Å²) >= 11 is 0. The first-order chi connectivity index (χ1) is 37.2. The topological polar surface area (TPSA) is 28.3 Å². The molecule has 4 heteroatoms. The molecule has 0 unspecified atom stereocenters. The van der Waals surface area contributed by atoms with E-state index in [1.165, 1.54) is 27.5 Å². The Labute approximate surface area is 418 Å². The summed E-state index contributed by atoms with van der Waals surface area (Å²) in [6, 6.07) is -0.0285. The second-order valence-electron chi connectivity index (χ2n) is 29.1. The predicted molar refractivity (Wildman–Crippen MR) is 324 cm³/mol. The molecule has 4 heterocycles. The van der Waals surface area contributed by atoms with Gasteiger partial charge in [0.05, 0.1) is 58.6 Å². The highest BCUT2D eigenvalue weighted by molar-refractivity contribution is 6.83. The molecule has 29 aromatic carbocycles. The number of benzene rings is 18. The van der Waals surface area contributed by atoms with Crippen LogP contribution in [0.5, 0.6) is 0 Å². The van der Waals surface area contributed by atoms with E-state index in [0.717, 1.165) is 0 Å². The summed E-state index contributed by atoms with van der Waals surface area (Å²) in [5.74, 6) is 0. The summed E-state index contributed by atoms with van der Waals surface area (Å²) in [5.41, 5.74) is 5.31. The van der Waals surface area contributed by atoms with Crippen LogP contribution in [0, 0.1) is 0 Å². The zero-order valence-electron chi connectivity index (χ0n) is 41.3. The van der Waals surface area contributed by atoms with Gasteiger partial charge >= 0.3 is 0 Å². The summed E-state index contributed by atoms with van der Waals surface area (Å²) < 4.78 is 20.8. The standard InChI is InChI=1S/C72H24N2O2/c1-71(2,3)75-7-9-10(8-76-72(4,5)6)74-68-63-54-44-34-24-17-12-11-13-15-14(12)21-26(24)36-38-28(21)30-22(15)29-27-20(13)25-23-16(11)18-19(17)32(34)42-41-31(18)33(23)43-45-35(25)37(27)47-49-39(29)40(30)50-48(38)58(56(63)46(36)44)65-60(50)59(49)64-57(47)55(45)62-53(43)51(41)61(52(42)54)66(68)67(62)73(9)69(64)70(65)74/h9-10H,7-8H2,1-6H3/t9-,10-/m0/s1. The zero-order valence-corrected chi connectivity index (χ0v) is 41.3. The molecule has 0 spiro atoms. The Morgan fingerprint density at radius 3 is 0.487 bits per heavy atom. The smallest absolute Gasteiger partial charge is 0.0807 e. The molecule has 4 nitrogen and oxygen atoms in total. The number of aromatic nitrogens is 2. The molecule has 2 atom stereocenters. The van der Waals surface area contributed by atoms with Gasteiger partial charge in [-0.2, -0.15) is 0 Å². The van der Waals surface area contributed by atoms with Gasteiger partial charge in [0.1, 0.15) is 0 Å². The van der Waals surface area contributed by atoms with Gasteiger partial charge in [-0.15, -0.1) is 0 Å². The maximum absolute atomic E-state index is 7.37. The first-order valence-corrected chi connectivity index (χ1v) is 28.5. The molecular formula is C72H24N2O2. The van der Waals surface area contributed by atoms with Crippen molar-refractivity contribution in [3.63, 3.8) is 0 Å². The van der Waals surface area contributed by atoms with Gasteiger partial charge in [0, 0.05) is 302 Å². The van der Waals surface area contributed by atoms with E-state index in [9.17, 15) is 0 Å². The Morgan fingerprint density at radius 1 is 0.197 bits per heavy atom. The molecule has 6 bridgehead atoms. The Kier molecular flexibility index (Phi) is 2.94. The van der Waals surface area contributed by atoms with Crippen LogP contribution in [0.4, 0.5) is 0 Å². The number of ether oxygens (including phenoxy) is 2. The number of hydrogen-bond acceptors (Lipinski definition) is 2. The van der Waals surface area contributed by atoms with Crippen molar-refractivity contribution >= 4 is 324 Å². The average molecular weight is 949 g/mol. The van der Waals surface area contributed by atoms with Crippen LogP contribution >= 0.6 is 0 Å². The molecule has 33 rings (SSSR count). The zero-order chi connectivity index (χ0) is 46.8. The van der Waals surface area contributed by atoms with Crippen LogP contribution < -0.4 is 0 Å². The summed E-state index contributed by atoms with van der Waals surface area (Å²) in [7, 11) is 0. The number of rotatable bonds is 4. The van der Waals surface area contributed by atoms with Crippen molar-refractivity contribution in [2.45, 2.75) is 64.8 Å².